The summed E-state index contributed by atoms with van der Waals surface area (Å²) in [5, 5.41) is 0. The summed E-state index contributed by atoms with van der Waals surface area (Å²) in [6.45, 7) is 0. The average Bonchev–Trinajstić information content (AvgIpc) is 2.19. The van der Waals surface area contributed by atoms with Crippen molar-refractivity contribution in [2.45, 2.75) is 6.42 Å². The van der Waals surface area contributed by atoms with Crippen LogP contribution in [0.5, 0.6) is 0 Å². The van der Waals surface area contributed by atoms with Crippen molar-refractivity contribution >= 4 is 15.9 Å². The molecule has 0 radical (unpaired) electrons. The van der Waals surface area contributed by atoms with Crippen molar-refractivity contribution in [3.63, 3.8) is 0 Å². The monoisotopic (exact) mass is 248 g/mol. The Morgan fingerprint density at radius 3 is 2.57 bits per heavy atom. The molecule has 70 valence electrons. The van der Waals surface area contributed by atoms with Crippen molar-refractivity contribution in [2.24, 2.45) is 0 Å². The first-order valence-electron chi connectivity index (χ1n) is 4.36. The summed E-state index contributed by atoms with van der Waals surface area (Å²) < 4.78 is 0.867. The van der Waals surface area contributed by atoms with Gasteiger partial charge in [-0.1, -0.05) is 12.1 Å². The highest BCUT2D eigenvalue weighted by Crippen LogP contribution is 2.09. The molecular formula is C11H9BrN2. The van der Waals surface area contributed by atoms with Gasteiger partial charge in [0.15, 0.2) is 0 Å². The molecule has 0 fully saturated rings. The van der Waals surface area contributed by atoms with Crippen LogP contribution in [0.1, 0.15) is 11.4 Å². The van der Waals surface area contributed by atoms with Crippen molar-refractivity contribution in [1.82, 2.24) is 9.97 Å². The van der Waals surface area contributed by atoms with E-state index in [9.17, 15) is 0 Å². The molecule has 0 saturated heterocycles. The zero-order valence-corrected chi connectivity index (χ0v) is 9.11. The molecule has 3 heteroatoms. The molecule has 2 aromatic rings. The number of hydrogen-bond acceptors (Lipinski definition) is 2. The van der Waals surface area contributed by atoms with Crippen molar-refractivity contribution < 1.29 is 0 Å². The highest BCUT2D eigenvalue weighted by atomic mass is 79.9. The number of nitrogens with zero attached hydrogens (tertiary/aromatic N) is 2. The Balaban J connectivity index is 2.19. The quantitative estimate of drug-likeness (QED) is 0.765. The molecule has 0 saturated carbocycles. The molecule has 2 rings (SSSR count). The average molecular weight is 249 g/mol. The van der Waals surface area contributed by atoms with Gasteiger partial charge in [0.2, 0.25) is 0 Å². The molecule has 0 aliphatic carbocycles. The maximum Gasteiger partial charge on any atom is 0.106 e. The summed E-state index contributed by atoms with van der Waals surface area (Å²) in [7, 11) is 0. The Kier molecular flexibility index (Phi) is 2.89. The standard InChI is InChI=1S/C11H9BrN2/c12-11-6-3-5-10(14-11)8-9-4-1-2-7-13-9/h1-7H,8H2. The number of aromatic nitrogens is 2. The molecule has 0 spiro atoms. The largest absolute Gasteiger partial charge is 0.261 e. The lowest BCUT2D eigenvalue weighted by Gasteiger charge is -1.99. The molecule has 14 heavy (non-hydrogen) atoms. The Morgan fingerprint density at radius 1 is 1.00 bits per heavy atom. The van der Waals surface area contributed by atoms with E-state index in [-0.39, 0.29) is 0 Å². The van der Waals surface area contributed by atoms with Gasteiger partial charge < -0.3 is 0 Å². The van der Waals surface area contributed by atoms with Crippen molar-refractivity contribution in [1.29, 1.82) is 0 Å². The maximum absolute atomic E-state index is 4.35. The topological polar surface area (TPSA) is 25.8 Å². The van der Waals surface area contributed by atoms with Gasteiger partial charge in [0.05, 0.1) is 0 Å². The predicted octanol–water partition coefficient (Wildman–Crippen LogP) is 2.83. The highest BCUT2D eigenvalue weighted by molar-refractivity contribution is 9.10. The van der Waals surface area contributed by atoms with E-state index >= 15 is 0 Å². The molecule has 0 bridgehead atoms. The minimum absolute atomic E-state index is 0.778. The molecular weight excluding hydrogens is 240 g/mol. The minimum atomic E-state index is 0.778. The van der Waals surface area contributed by atoms with Gasteiger partial charge in [0, 0.05) is 24.0 Å². The van der Waals surface area contributed by atoms with Crippen LogP contribution in [0, 0.1) is 0 Å². The Bertz CT molecular complexity index is 415. The van der Waals surface area contributed by atoms with Crippen LogP contribution in [0.4, 0.5) is 0 Å². The third kappa shape index (κ3) is 2.39. The lowest BCUT2D eigenvalue weighted by molar-refractivity contribution is 1.00. The van der Waals surface area contributed by atoms with Crippen LogP contribution in [0.3, 0.4) is 0 Å². The Morgan fingerprint density at radius 2 is 1.86 bits per heavy atom. The number of hydrogen-bond donors (Lipinski definition) is 0. The number of halogens is 1. The molecule has 0 unspecified atom stereocenters. The zero-order chi connectivity index (χ0) is 9.80. The molecule has 0 atom stereocenters. The summed E-state index contributed by atoms with van der Waals surface area (Å²) in [6, 6.07) is 11.8. The summed E-state index contributed by atoms with van der Waals surface area (Å²) in [5.74, 6) is 0. The van der Waals surface area contributed by atoms with Crippen molar-refractivity contribution in [2.75, 3.05) is 0 Å². The van der Waals surface area contributed by atoms with Gasteiger partial charge in [0.25, 0.3) is 0 Å². The smallest absolute Gasteiger partial charge is 0.106 e. The van der Waals surface area contributed by atoms with E-state index in [0.717, 1.165) is 22.4 Å². The van der Waals surface area contributed by atoms with Crippen LogP contribution >= 0.6 is 15.9 Å². The van der Waals surface area contributed by atoms with E-state index in [1.165, 1.54) is 0 Å². The van der Waals surface area contributed by atoms with E-state index < -0.39 is 0 Å². The first-order valence-corrected chi connectivity index (χ1v) is 5.15. The third-order valence-electron chi connectivity index (χ3n) is 1.86. The molecule has 2 nitrogen and oxygen atoms in total. The van der Waals surface area contributed by atoms with Crippen LogP contribution < -0.4 is 0 Å². The minimum Gasteiger partial charge on any atom is -0.261 e. The summed E-state index contributed by atoms with van der Waals surface area (Å²) >= 11 is 3.34. The number of pyridine rings is 2. The molecule has 2 heterocycles. The van der Waals surface area contributed by atoms with Gasteiger partial charge in [0.1, 0.15) is 4.60 Å². The highest BCUT2D eigenvalue weighted by Gasteiger charge is 1.98. The lowest BCUT2D eigenvalue weighted by Crippen LogP contribution is -1.94. The van der Waals surface area contributed by atoms with E-state index in [1.54, 1.807) is 6.20 Å². The summed E-state index contributed by atoms with van der Waals surface area (Å²) in [4.78, 5) is 8.59. The van der Waals surface area contributed by atoms with Gasteiger partial charge in [-0.15, -0.1) is 0 Å². The van der Waals surface area contributed by atoms with Gasteiger partial charge in [-0.05, 0) is 40.2 Å². The second-order valence-corrected chi connectivity index (χ2v) is 3.76. The molecule has 0 aliphatic heterocycles. The predicted molar refractivity (Wildman–Crippen MR) is 59.0 cm³/mol. The van der Waals surface area contributed by atoms with Gasteiger partial charge in [-0.2, -0.15) is 0 Å². The van der Waals surface area contributed by atoms with E-state index in [0.29, 0.717) is 0 Å². The first kappa shape index (κ1) is 9.34. The van der Waals surface area contributed by atoms with E-state index in [1.807, 2.05) is 36.4 Å². The van der Waals surface area contributed by atoms with Crippen LogP contribution in [-0.2, 0) is 6.42 Å². The van der Waals surface area contributed by atoms with Crippen LogP contribution in [-0.4, -0.2) is 9.97 Å². The van der Waals surface area contributed by atoms with Crippen molar-refractivity contribution in [3.8, 4) is 0 Å². The molecule has 0 aromatic carbocycles. The zero-order valence-electron chi connectivity index (χ0n) is 7.52. The van der Waals surface area contributed by atoms with Crippen LogP contribution in [0.15, 0.2) is 47.2 Å². The fraction of sp³-hybridized carbons (Fsp3) is 0.0909. The normalized spacial score (nSPS) is 10.1. The van der Waals surface area contributed by atoms with Gasteiger partial charge >= 0.3 is 0 Å². The van der Waals surface area contributed by atoms with Gasteiger partial charge in [-0.25, -0.2) is 4.98 Å². The van der Waals surface area contributed by atoms with E-state index in [2.05, 4.69) is 25.9 Å². The van der Waals surface area contributed by atoms with Gasteiger partial charge in [-0.3, -0.25) is 4.98 Å². The first-order chi connectivity index (χ1) is 6.84. The maximum atomic E-state index is 4.35. The Hall–Kier alpha value is -1.22. The third-order valence-corrected chi connectivity index (χ3v) is 2.30. The molecule has 0 aliphatic rings. The molecule has 0 N–H and O–H groups in total. The second kappa shape index (κ2) is 4.33. The Labute approximate surface area is 91.2 Å². The number of rotatable bonds is 2. The molecule has 0 amide bonds. The lowest BCUT2D eigenvalue weighted by atomic mass is 10.2. The van der Waals surface area contributed by atoms with Crippen LogP contribution in [0.2, 0.25) is 0 Å². The fourth-order valence-electron chi connectivity index (χ4n) is 1.24. The second-order valence-electron chi connectivity index (χ2n) is 2.95. The summed E-state index contributed by atoms with van der Waals surface area (Å²) in [6.07, 6.45) is 2.58. The SMILES string of the molecule is Brc1cccc(Cc2ccccn2)n1. The van der Waals surface area contributed by atoms with E-state index in [4.69, 9.17) is 0 Å². The van der Waals surface area contributed by atoms with Crippen molar-refractivity contribution in [3.05, 3.63) is 58.6 Å². The molecule has 2 aromatic heterocycles. The fourth-order valence-corrected chi connectivity index (χ4v) is 1.62. The summed E-state index contributed by atoms with van der Waals surface area (Å²) in [5.41, 5.74) is 2.07. The van der Waals surface area contributed by atoms with Crippen LogP contribution in [0.25, 0.3) is 0 Å².